The van der Waals surface area contributed by atoms with E-state index in [-0.39, 0.29) is 56.6 Å². The topological polar surface area (TPSA) is 199 Å². The molecule has 3 heterocycles. The second kappa shape index (κ2) is 15.0. The average molecular weight is 633 g/mol. The summed E-state index contributed by atoms with van der Waals surface area (Å²) in [6.45, 7) is 0.199. The third-order valence-corrected chi connectivity index (χ3v) is 7.31. The van der Waals surface area contributed by atoms with Gasteiger partial charge in [0.15, 0.2) is 0 Å². The molecule has 14 heteroatoms. The number of rotatable bonds is 10. The van der Waals surface area contributed by atoms with E-state index in [9.17, 15) is 44.1 Å². The van der Waals surface area contributed by atoms with E-state index in [4.69, 9.17) is 9.84 Å². The van der Waals surface area contributed by atoms with Gasteiger partial charge in [-0.1, -0.05) is 24.3 Å². The van der Waals surface area contributed by atoms with Crippen molar-refractivity contribution < 1.29 is 53.9 Å². The maximum atomic E-state index is 12.2. The minimum atomic E-state index is -1.16. The number of carbonyl (C=O) groups excluding carboxylic acids is 5. The molecule has 4 amide bonds. The van der Waals surface area contributed by atoms with Crippen molar-refractivity contribution in [1.29, 1.82) is 0 Å². The molecule has 0 spiro atoms. The first-order valence-corrected chi connectivity index (χ1v) is 13.8. The van der Waals surface area contributed by atoms with Crippen LogP contribution in [0.2, 0.25) is 0 Å². The Morgan fingerprint density at radius 3 is 1.68 bits per heavy atom. The second-order valence-corrected chi connectivity index (χ2v) is 10.5. The quantitative estimate of drug-likeness (QED) is 0.218. The molecule has 0 bridgehead atoms. The summed E-state index contributed by atoms with van der Waals surface area (Å²) < 4.78 is 5.12. The van der Waals surface area contributed by atoms with Gasteiger partial charge in [0.2, 0.25) is 0 Å². The van der Waals surface area contributed by atoms with Gasteiger partial charge in [0.25, 0.3) is 23.6 Å². The highest BCUT2D eigenvalue weighted by molar-refractivity contribution is 6.22. The lowest BCUT2D eigenvalue weighted by Crippen LogP contribution is -2.37. The number of carboxylic acids is 1. The second-order valence-electron chi connectivity index (χ2n) is 10.5. The van der Waals surface area contributed by atoms with Gasteiger partial charge < -0.3 is 25.2 Å². The third kappa shape index (κ3) is 8.05. The zero-order chi connectivity index (χ0) is 31.3. The number of aliphatic carboxylic acids is 1. The van der Waals surface area contributed by atoms with Crippen LogP contribution in [-0.4, -0.2) is 103 Å². The number of hydrogen-bond acceptors (Lipinski definition) is 10. The molecule has 4 N–H and O–H groups in total. The number of imide groups is 2. The number of halogens is 1. The molecule has 236 valence electrons. The molecule has 0 saturated carbocycles. The van der Waals surface area contributed by atoms with Crippen molar-refractivity contribution in [2.75, 3.05) is 13.1 Å². The number of amides is 4. The monoisotopic (exact) mass is 632 g/mol. The van der Waals surface area contributed by atoms with Crippen LogP contribution in [0.25, 0.3) is 0 Å². The highest BCUT2D eigenvalue weighted by Crippen LogP contribution is 2.25. The van der Waals surface area contributed by atoms with E-state index in [1.54, 1.807) is 48.5 Å². The van der Waals surface area contributed by atoms with Gasteiger partial charge in [0.05, 0.1) is 53.4 Å². The molecule has 13 nitrogen and oxygen atoms in total. The Morgan fingerprint density at radius 1 is 0.795 bits per heavy atom. The fraction of sp³-hybridized carbons (Fsp3) is 0.400. The number of cyclic esters (lactones) is 1. The number of esters is 1. The fourth-order valence-electron chi connectivity index (χ4n) is 5.19. The van der Waals surface area contributed by atoms with Crippen molar-refractivity contribution in [3.8, 4) is 0 Å². The smallest absolute Gasteiger partial charge is 0.308 e. The predicted molar refractivity (Wildman–Crippen MR) is 154 cm³/mol. The summed E-state index contributed by atoms with van der Waals surface area (Å²) in [5.41, 5.74) is 1.49. The minimum Gasteiger partial charge on any atom is -0.481 e. The molecule has 0 radical (unpaired) electrons. The van der Waals surface area contributed by atoms with Crippen LogP contribution in [0.4, 0.5) is 0 Å². The van der Waals surface area contributed by atoms with Crippen LogP contribution in [0.5, 0.6) is 0 Å². The van der Waals surface area contributed by atoms with Crippen molar-refractivity contribution in [3.63, 3.8) is 0 Å². The molecule has 3 aliphatic heterocycles. The van der Waals surface area contributed by atoms with E-state index < -0.39 is 54.6 Å². The highest BCUT2D eigenvalue weighted by Gasteiger charge is 2.37. The standard InChI is InChI=1S/C15H17NO6.C15H15NO5.ClH/c17-9(7-10(18)8-13(19)20)5-6-16-14(21)11-3-1-2-4-12(11)15(16)22;17-9-7-10(21-13(18)8-9)5-6-16-14(19)11-3-1-2-4-12(11)15(16)20;/h1-4,9-10,17-18H,5-8H2,(H,19,20);1-4,9-10,17H,5-8H2;1H/t2*9-,10-;/m11./s1. The normalized spacial score (nSPS) is 20.2. The van der Waals surface area contributed by atoms with Crippen molar-refractivity contribution >= 4 is 48.0 Å². The van der Waals surface area contributed by atoms with Gasteiger partial charge in [-0.25, -0.2) is 0 Å². The Labute approximate surface area is 258 Å². The number of aliphatic hydroxyl groups excluding tert-OH is 3. The van der Waals surface area contributed by atoms with Gasteiger partial charge >= 0.3 is 11.9 Å². The zero-order valence-electron chi connectivity index (χ0n) is 23.5. The van der Waals surface area contributed by atoms with Crippen LogP contribution >= 0.6 is 12.4 Å². The Hall–Kier alpha value is -4.17. The fourth-order valence-corrected chi connectivity index (χ4v) is 5.19. The van der Waals surface area contributed by atoms with Gasteiger partial charge in [0, 0.05) is 25.9 Å². The van der Waals surface area contributed by atoms with Crippen LogP contribution in [0, 0.1) is 0 Å². The summed E-state index contributed by atoms with van der Waals surface area (Å²) in [5.74, 6) is -3.05. The summed E-state index contributed by atoms with van der Waals surface area (Å²) >= 11 is 0. The lowest BCUT2D eigenvalue weighted by molar-refractivity contribution is -0.160. The van der Waals surface area contributed by atoms with Crippen LogP contribution in [0.3, 0.4) is 0 Å². The molecule has 0 aromatic heterocycles. The number of benzene rings is 2. The molecule has 2 aromatic carbocycles. The number of nitrogens with zero attached hydrogens (tertiary/aromatic N) is 2. The number of ether oxygens (including phenoxy) is 1. The van der Waals surface area contributed by atoms with Crippen LogP contribution in [0.15, 0.2) is 48.5 Å². The van der Waals surface area contributed by atoms with Gasteiger partial charge in [-0.15, -0.1) is 12.4 Å². The Morgan fingerprint density at radius 2 is 1.25 bits per heavy atom. The average Bonchev–Trinajstić information content (AvgIpc) is 3.34. The molecule has 3 aliphatic rings. The molecule has 1 saturated heterocycles. The van der Waals surface area contributed by atoms with E-state index in [1.807, 2.05) is 0 Å². The van der Waals surface area contributed by atoms with E-state index in [1.165, 1.54) is 4.90 Å². The molecule has 4 atom stereocenters. The molecule has 2 aromatic rings. The molecule has 1 fully saturated rings. The minimum absolute atomic E-state index is 0. The molecule has 0 unspecified atom stereocenters. The van der Waals surface area contributed by atoms with Crippen molar-refractivity contribution in [3.05, 3.63) is 70.8 Å². The van der Waals surface area contributed by atoms with Crippen molar-refractivity contribution in [2.45, 2.75) is 62.9 Å². The Kier molecular flexibility index (Phi) is 11.7. The molecule has 44 heavy (non-hydrogen) atoms. The zero-order valence-corrected chi connectivity index (χ0v) is 24.4. The van der Waals surface area contributed by atoms with E-state index >= 15 is 0 Å². The highest BCUT2D eigenvalue weighted by atomic mass is 35.5. The largest absolute Gasteiger partial charge is 0.481 e. The van der Waals surface area contributed by atoms with Crippen molar-refractivity contribution in [1.82, 2.24) is 9.80 Å². The maximum absolute atomic E-state index is 12.2. The van der Waals surface area contributed by atoms with Gasteiger partial charge in [-0.2, -0.15) is 0 Å². The first-order valence-electron chi connectivity index (χ1n) is 13.8. The molecular weight excluding hydrogens is 600 g/mol. The van der Waals surface area contributed by atoms with E-state index in [0.29, 0.717) is 35.1 Å². The summed E-state index contributed by atoms with van der Waals surface area (Å²) in [6, 6.07) is 13.2. The number of carboxylic acid groups (broad SMARTS) is 1. The number of hydrogen-bond donors (Lipinski definition) is 4. The Balaban J connectivity index is 0.000000235. The summed E-state index contributed by atoms with van der Waals surface area (Å²) in [4.78, 5) is 72.4. The number of fused-ring (bicyclic) bond motifs is 2. The van der Waals surface area contributed by atoms with Gasteiger partial charge in [0.1, 0.15) is 6.10 Å². The lowest BCUT2D eigenvalue weighted by Gasteiger charge is -2.27. The third-order valence-electron chi connectivity index (χ3n) is 7.31. The Bertz CT molecular complexity index is 1360. The first kappa shape index (κ1) is 34.3. The summed E-state index contributed by atoms with van der Waals surface area (Å²) in [7, 11) is 0. The number of carbonyl (C=O) groups is 6. The maximum Gasteiger partial charge on any atom is 0.308 e. The van der Waals surface area contributed by atoms with Crippen molar-refractivity contribution in [2.24, 2.45) is 0 Å². The van der Waals surface area contributed by atoms with Gasteiger partial charge in [-0.05, 0) is 37.1 Å². The van der Waals surface area contributed by atoms with E-state index in [0.717, 1.165) is 4.90 Å². The molecular formula is C30H33ClN2O11. The van der Waals surface area contributed by atoms with Crippen LogP contribution in [0.1, 0.15) is 80.0 Å². The first-order chi connectivity index (χ1) is 20.5. The number of aliphatic hydroxyl groups is 3. The van der Waals surface area contributed by atoms with Crippen LogP contribution < -0.4 is 0 Å². The van der Waals surface area contributed by atoms with Gasteiger partial charge in [-0.3, -0.25) is 38.6 Å². The molecule has 5 rings (SSSR count). The summed E-state index contributed by atoms with van der Waals surface area (Å²) in [6.07, 6.45) is -3.11. The predicted octanol–water partition coefficient (Wildman–Crippen LogP) is 1.42. The van der Waals surface area contributed by atoms with E-state index in [2.05, 4.69) is 0 Å². The SMILES string of the molecule is Cl.O=C(O)C[C@H](O)C[C@H](O)CCN1C(=O)c2ccccc2C1=O.O=C1C[C@H](O)C[C@@H](CCN2C(=O)c3ccccc3C2=O)O1. The lowest BCUT2D eigenvalue weighted by atomic mass is 10.0. The van der Waals surface area contributed by atoms with Crippen LogP contribution in [-0.2, 0) is 14.3 Å². The summed E-state index contributed by atoms with van der Waals surface area (Å²) in [5, 5.41) is 37.3. The molecule has 0 aliphatic carbocycles.